The third-order valence-electron chi connectivity index (χ3n) is 3.62. The molecule has 1 aromatic carbocycles. The van der Waals surface area contributed by atoms with Crippen LogP contribution in [0.15, 0.2) is 18.2 Å². The maximum absolute atomic E-state index is 11.9. The highest BCUT2D eigenvalue weighted by molar-refractivity contribution is 6.31. The van der Waals surface area contributed by atoms with Crippen LogP contribution in [0.1, 0.15) is 11.3 Å². The predicted molar refractivity (Wildman–Crippen MR) is 78.5 cm³/mol. The summed E-state index contributed by atoms with van der Waals surface area (Å²) in [6, 6.07) is 5.31. The molecule has 1 aliphatic heterocycles. The number of amides is 2. The van der Waals surface area contributed by atoms with Gasteiger partial charge in [-0.15, -0.1) is 0 Å². The van der Waals surface area contributed by atoms with Crippen LogP contribution in [0.25, 0.3) is 10.9 Å². The van der Waals surface area contributed by atoms with E-state index in [1.165, 1.54) is 5.56 Å². The molecule has 3 rings (SSSR count). The SMILES string of the molecule is O=C(O)CNC(=O)N1CCc2c([nH]c3ccc(Cl)cc23)C1. The number of carbonyl (C=O) groups excluding carboxylic acids is 1. The third kappa shape index (κ3) is 2.67. The minimum atomic E-state index is -1.05. The van der Waals surface area contributed by atoms with Crippen LogP contribution in [0.5, 0.6) is 0 Å². The summed E-state index contributed by atoms with van der Waals surface area (Å²) in [5.74, 6) is -1.05. The number of aromatic amines is 1. The minimum absolute atomic E-state index is 0.361. The summed E-state index contributed by atoms with van der Waals surface area (Å²) in [5.41, 5.74) is 3.15. The fourth-order valence-corrected chi connectivity index (χ4v) is 2.82. The average Bonchev–Trinajstić information content (AvgIpc) is 2.81. The lowest BCUT2D eigenvalue weighted by Crippen LogP contribution is -2.44. The summed E-state index contributed by atoms with van der Waals surface area (Å²) in [6.45, 7) is 0.621. The molecule has 1 aliphatic rings. The lowest BCUT2D eigenvalue weighted by molar-refractivity contribution is -0.135. The van der Waals surface area contributed by atoms with E-state index in [1.54, 1.807) is 4.90 Å². The molecule has 0 saturated carbocycles. The number of benzene rings is 1. The second-order valence-corrected chi connectivity index (χ2v) is 5.43. The highest BCUT2D eigenvalue weighted by Crippen LogP contribution is 2.29. The highest BCUT2D eigenvalue weighted by atomic mass is 35.5. The molecular weight excluding hydrogens is 294 g/mol. The zero-order chi connectivity index (χ0) is 15.0. The zero-order valence-electron chi connectivity index (χ0n) is 11.1. The molecule has 0 fully saturated rings. The van der Waals surface area contributed by atoms with Gasteiger partial charge in [0.15, 0.2) is 0 Å². The fourth-order valence-electron chi connectivity index (χ4n) is 2.65. The van der Waals surface area contributed by atoms with Crippen LogP contribution >= 0.6 is 11.6 Å². The number of aromatic nitrogens is 1. The number of carbonyl (C=O) groups is 2. The highest BCUT2D eigenvalue weighted by Gasteiger charge is 2.24. The summed E-state index contributed by atoms with van der Waals surface area (Å²) in [7, 11) is 0. The predicted octanol–water partition coefficient (Wildman–Crippen LogP) is 1.97. The fraction of sp³-hybridized carbons (Fsp3) is 0.286. The third-order valence-corrected chi connectivity index (χ3v) is 3.85. The van der Waals surface area contributed by atoms with Crippen molar-refractivity contribution in [3.8, 4) is 0 Å². The molecule has 2 amide bonds. The molecule has 2 heterocycles. The van der Waals surface area contributed by atoms with Crippen molar-refractivity contribution < 1.29 is 14.7 Å². The standard InChI is InChI=1S/C14H14ClN3O3/c15-8-1-2-11-10(5-8)9-3-4-18(7-12(9)17-11)14(21)16-6-13(19)20/h1-2,5,17H,3-4,6-7H2,(H,16,21)(H,19,20). The number of H-pyrrole nitrogens is 1. The monoisotopic (exact) mass is 307 g/mol. The molecule has 110 valence electrons. The van der Waals surface area contributed by atoms with Gasteiger partial charge in [0.2, 0.25) is 0 Å². The Morgan fingerprint density at radius 1 is 1.43 bits per heavy atom. The van der Waals surface area contributed by atoms with Crippen LogP contribution < -0.4 is 5.32 Å². The Hall–Kier alpha value is -2.21. The first kappa shape index (κ1) is 13.8. The number of carboxylic acid groups (broad SMARTS) is 1. The van der Waals surface area contributed by atoms with Crippen molar-refractivity contribution in [2.24, 2.45) is 0 Å². The Morgan fingerprint density at radius 2 is 2.24 bits per heavy atom. The summed E-state index contributed by atoms with van der Waals surface area (Å²) in [5, 5.41) is 12.7. The molecule has 0 bridgehead atoms. The van der Waals surface area contributed by atoms with Crippen LogP contribution in [0, 0.1) is 0 Å². The number of carboxylic acids is 1. The van der Waals surface area contributed by atoms with Gasteiger partial charge in [0, 0.05) is 28.2 Å². The molecule has 0 aliphatic carbocycles. The molecule has 6 nitrogen and oxygen atoms in total. The van der Waals surface area contributed by atoms with Crippen molar-refractivity contribution >= 4 is 34.5 Å². The van der Waals surface area contributed by atoms with Gasteiger partial charge in [-0.25, -0.2) is 4.79 Å². The molecule has 1 aromatic heterocycles. The number of aliphatic carboxylic acids is 1. The van der Waals surface area contributed by atoms with Crippen LogP contribution in [0.3, 0.4) is 0 Å². The van der Waals surface area contributed by atoms with Gasteiger partial charge in [-0.1, -0.05) is 11.6 Å². The van der Waals surface area contributed by atoms with Crippen LogP contribution in [0.4, 0.5) is 4.79 Å². The van der Waals surface area contributed by atoms with E-state index in [9.17, 15) is 9.59 Å². The van der Waals surface area contributed by atoms with E-state index in [0.29, 0.717) is 18.1 Å². The summed E-state index contributed by atoms with van der Waals surface area (Å²) in [6.07, 6.45) is 0.718. The van der Waals surface area contributed by atoms with E-state index in [1.807, 2.05) is 18.2 Å². The van der Waals surface area contributed by atoms with Gasteiger partial charge in [0.05, 0.1) is 6.54 Å². The summed E-state index contributed by atoms with van der Waals surface area (Å²) in [4.78, 5) is 27.3. The van der Waals surface area contributed by atoms with Crippen molar-refractivity contribution in [1.82, 2.24) is 15.2 Å². The van der Waals surface area contributed by atoms with E-state index >= 15 is 0 Å². The molecule has 0 atom stereocenters. The second-order valence-electron chi connectivity index (χ2n) is 5.00. The average molecular weight is 308 g/mol. The lowest BCUT2D eigenvalue weighted by atomic mass is 10.0. The largest absolute Gasteiger partial charge is 0.480 e. The first-order chi connectivity index (χ1) is 10.0. The first-order valence-corrected chi connectivity index (χ1v) is 6.96. The molecule has 2 aromatic rings. The van der Waals surface area contributed by atoms with Crippen molar-refractivity contribution in [1.29, 1.82) is 0 Å². The molecule has 3 N–H and O–H groups in total. The Bertz CT molecular complexity index is 726. The summed E-state index contributed by atoms with van der Waals surface area (Å²) >= 11 is 6.02. The number of hydrogen-bond acceptors (Lipinski definition) is 2. The van der Waals surface area contributed by atoms with Gasteiger partial charge >= 0.3 is 12.0 Å². The van der Waals surface area contributed by atoms with Crippen LogP contribution in [-0.2, 0) is 17.8 Å². The van der Waals surface area contributed by atoms with E-state index in [4.69, 9.17) is 16.7 Å². The smallest absolute Gasteiger partial charge is 0.323 e. The molecule has 0 spiro atoms. The van der Waals surface area contributed by atoms with Gasteiger partial charge in [0.25, 0.3) is 0 Å². The van der Waals surface area contributed by atoms with E-state index in [0.717, 1.165) is 23.0 Å². The normalized spacial score (nSPS) is 14.0. The van der Waals surface area contributed by atoms with Gasteiger partial charge in [0.1, 0.15) is 6.54 Å². The van der Waals surface area contributed by atoms with Crippen molar-refractivity contribution in [2.75, 3.05) is 13.1 Å². The summed E-state index contributed by atoms with van der Waals surface area (Å²) < 4.78 is 0. The van der Waals surface area contributed by atoms with Crippen LogP contribution in [0.2, 0.25) is 5.02 Å². The number of hydrogen-bond donors (Lipinski definition) is 3. The maximum Gasteiger partial charge on any atom is 0.323 e. The second kappa shape index (κ2) is 5.29. The first-order valence-electron chi connectivity index (χ1n) is 6.58. The maximum atomic E-state index is 11.9. The van der Waals surface area contributed by atoms with Crippen molar-refractivity contribution in [3.05, 3.63) is 34.5 Å². The number of nitrogens with one attached hydrogen (secondary N) is 2. The van der Waals surface area contributed by atoms with E-state index < -0.39 is 5.97 Å². The quantitative estimate of drug-likeness (QED) is 0.793. The van der Waals surface area contributed by atoms with Gasteiger partial charge in [-0.05, 0) is 30.2 Å². The minimum Gasteiger partial charge on any atom is -0.480 e. The van der Waals surface area contributed by atoms with Crippen LogP contribution in [-0.4, -0.2) is 40.1 Å². The van der Waals surface area contributed by atoms with Gasteiger partial charge in [-0.2, -0.15) is 0 Å². The molecule has 0 radical (unpaired) electrons. The lowest BCUT2D eigenvalue weighted by Gasteiger charge is -2.27. The Balaban J connectivity index is 1.81. The Morgan fingerprint density at radius 3 is 3.00 bits per heavy atom. The number of fused-ring (bicyclic) bond motifs is 3. The van der Waals surface area contributed by atoms with Crippen molar-refractivity contribution in [3.63, 3.8) is 0 Å². The molecular formula is C14H14ClN3O3. The molecule has 0 saturated heterocycles. The number of rotatable bonds is 2. The van der Waals surface area contributed by atoms with Gasteiger partial charge in [-0.3, -0.25) is 4.79 Å². The zero-order valence-corrected chi connectivity index (χ0v) is 11.9. The molecule has 7 heteroatoms. The number of halogens is 1. The van der Waals surface area contributed by atoms with Crippen molar-refractivity contribution in [2.45, 2.75) is 13.0 Å². The van der Waals surface area contributed by atoms with E-state index in [2.05, 4.69) is 10.3 Å². The molecule has 0 unspecified atom stereocenters. The Labute approximate surface area is 125 Å². The van der Waals surface area contributed by atoms with E-state index in [-0.39, 0.29) is 12.6 Å². The number of urea groups is 1. The Kier molecular flexibility index (Phi) is 3.47. The number of nitrogens with zero attached hydrogens (tertiary/aromatic N) is 1. The van der Waals surface area contributed by atoms with Gasteiger partial charge < -0.3 is 20.3 Å². The topological polar surface area (TPSA) is 85.4 Å². The molecule has 21 heavy (non-hydrogen) atoms.